The highest BCUT2D eigenvalue weighted by Gasteiger charge is 2.11. The van der Waals surface area contributed by atoms with E-state index in [1.807, 2.05) is 24.3 Å². The summed E-state index contributed by atoms with van der Waals surface area (Å²) in [7, 11) is 0. The van der Waals surface area contributed by atoms with Gasteiger partial charge in [0.1, 0.15) is 0 Å². The lowest BCUT2D eigenvalue weighted by Crippen LogP contribution is -2.05. The van der Waals surface area contributed by atoms with Gasteiger partial charge in [-0.2, -0.15) is 0 Å². The zero-order valence-electron chi connectivity index (χ0n) is 11.4. The van der Waals surface area contributed by atoms with Gasteiger partial charge >= 0.3 is 0 Å². The highest BCUT2D eigenvalue weighted by molar-refractivity contribution is 6.31. The van der Waals surface area contributed by atoms with Crippen LogP contribution in [0, 0.1) is 10.1 Å². The number of halogens is 1. The number of rotatable bonds is 5. The molecule has 0 saturated carbocycles. The number of nitrogens with zero attached hydrogens (tertiary/aromatic N) is 1. The molecule has 0 radical (unpaired) electrons. The first-order valence-corrected chi connectivity index (χ1v) is 6.80. The Morgan fingerprint density at radius 2 is 2.05 bits per heavy atom. The second kappa shape index (κ2) is 6.56. The maximum atomic E-state index is 10.8. The first-order valence-electron chi connectivity index (χ1n) is 6.42. The average Bonchev–Trinajstić information content (AvgIpc) is 2.46. The van der Waals surface area contributed by atoms with Crippen molar-refractivity contribution >= 4 is 23.0 Å². The van der Waals surface area contributed by atoms with Crippen LogP contribution in [0.5, 0.6) is 0 Å². The summed E-state index contributed by atoms with van der Waals surface area (Å²) in [6, 6.07) is 11.7. The lowest BCUT2D eigenvalue weighted by Gasteiger charge is -2.14. The summed E-state index contributed by atoms with van der Waals surface area (Å²) in [6.45, 7) is 2.02. The van der Waals surface area contributed by atoms with Gasteiger partial charge in [0, 0.05) is 35.0 Å². The predicted molar refractivity (Wildman–Crippen MR) is 82.5 cm³/mol. The van der Waals surface area contributed by atoms with E-state index in [1.54, 1.807) is 6.92 Å². The van der Waals surface area contributed by atoms with Gasteiger partial charge in [0.2, 0.25) is 0 Å². The zero-order valence-corrected chi connectivity index (χ0v) is 12.2. The summed E-state index contributed by atoms with van der Waals surface area (Å²) >= 11 is 6.06. The third-order valence-corrected chi connectivity index (χ3v) is 3.49. The van der Waals surface area contributed by atoms with E-state index in [-0.39, 0.29) is 5.69 Å². The lowest BCUT2D eigenvalue weighted by atomic mass is 10.1. The quantitative estimate of drug-likeness (QED) is 0.648. The van der Waals surface area contributed by atoms with Crippen molar-refractivity contribution in [3.05, 3.63) is 68.7 Å². The van der Waals surface area contributed by atoms with E-state index < -0.39 is 11.0 Å². The van der Waals surface area contributed by atoms with Crippen LogP contribution in [-0.2, 0) is 6.54 Å². The topological polar surface area (TPSA) is 75.4 Å². The number of nitro groups is 1. The number of aliphatic hydroxyl groups is 1. The van der Waals surface area contributed by atoms with Crippen LogP contribution in [0.1, 0.15) is 24.2 Å². The molecule has 2 rings (SSSR count). The molecule has 0 aromatic heterocycles. The van der Waals surface area contributed by atoms with Crippen LogP contribution in [0.3, 0.4) is 0 Å². The third kappa shape index (κ3) is 3.71. The summed E-state index contributed by atoms with van der Waals surface area (Å²) in [5.74, 6) is 0. The van der Waals surface area contributed by atoms with Crippen molar-refractivity contribution < 1.29 is 10.0 Å². The summed E-state index contributed by atoms with van der Waals surface area (Å²) in [6.07, 6.45) is -0.603. The number of anilines is 1. The van der Waals surface area contributed by atoms with Crippen molar-refractivity contribution in [1.82, 2.24) is 0 Å². The molecule has 2 aromatic carbocycles. The smallest absolute Gasteiger partial charge is 0.269 e. The van der Waals surface area contributed by atoms with Crippen LogP contribution >= 0.6 is 11.6 Å². The van der Waals surface area contributed by atoms with Crippen LogP contribution in [0.25, 0.3) is 0 Å². The average molecular weight is 307 g/mol. The Bertz CT molecular complexity index is 659. The summed E-state index contributed by atoms with van der Waals surface area (Å²) < 4.78 is 0. The van der Waals surface area contributed by atoms with E-state index >= 15 is 0 Å². The zero-order chi connectivity index (χ0) is 15.4. The minimum Gasteiger partial charge on any atom is -0.389 e. The number of non-ortho nitro benzene ring substituents is 1. The van der Waals surface area contributed by atoms with Crippen molar-refractivity contribution in [1.29, 1.82) is 0 Å². The van der Waals surface area contributed by atoms with E-state index in [0.29, 0.717) is 17.1 Å². The highest BCUT2D eigenvalue weighted by Crippen LogP contribution is 2.26. The molecule has 0 bridgehead atoms. The van der Waals surface area contributed by atoms with Crippen molar-refractivity contribution in [2.24, 2.45) is 0 Å². The molecule has 6 heteroatoms. The number of benzene rings is 2. The van der Waals surface area contributed by atoms with Gasteiger partial charge in [0.05, 0.1) is 11.0 Å². The van der Waals surface area contributed by atoms with Crippen LogP contribution in [0.2, 0.25) is 5.02 Å². The van der Waals surface area contributed by atoms with Crippen molar-refractivity contribution in [2.75, 3.05) is 5.32 Å². The van der Waals surface area contributed by atoms with E-state index in [0.717, 1.165) is 11.3 Å². The van der Waals surface area contributed by atoms with Gasteiger partial charge in [-0.25, -0.2) is 0 Å². The molecule has 2 N–H and O–H groups in total. The molecule has 0 aliphatic rings. The summed E-state index contributed by atoms with van der Waals surface area (Å²) in [5.41, 5.74) is 2.17. The fourth-order valence-corrected chi connectivity index (χ4v) is 2.21. The SMILES string of the molecule is CC(O)c1ccccc1NCc1cc([N+](=O)[O-])ccc1Cl. The molecular formula is C15H15ClN2O3. The highest BCUT2D eigenvalue weighted by atomic mass is 35.5. The number of aliphatic hydroxyl groups excluding tert-OH is 1. The van der Waals surface area contributed by atoms with Gasteiger partial charge in [-0.3, -0.25) is 10.1 Å². The summed E-state index contributed by atoms with van der Waals surface area (Å²) in [5, 5.41) is 24.1. The lowest BCUT2D eigenvalue weighted by molar-refractivity contribution is -0.384. The Hall–Kier alpha value is -2.11. The van der Waals surface area contributed by atoms with Crippen LogP contribution in [0.4, 0.5) is 11.4 Å². The van der Waals surface area contributed by atoms with Gasteiger partial charge in [-0.05, 0) is 24.6 Å². The predicted octanol–water partition coefficient (Wildman–Crippen LogP) is 3.91. The van der Waals surface area contributed by atoms with Crippen LogP contribution < -0.4 is 5.32 Å². The van der Waals surface area contributed by atoms with Gasteiger partial charge in [0.25, 0.3) is 5.69 Å². The molecule has 0 heterocycles. The normalized spacial score (nSPS) is 12.0. The van der Waals surface area contributed by atoms with Gasteiger partial charge in [-0.15, -0.1) is 0 Å². The number of hydrogen-bond acceptors (Lipinski definition) is 4. The largest absolute Gasteiger partial charge is 0.389 e. The Morgan fingerprint density at radius 1 is 1.33 bits per heavy atom. The molecule has 0 amide bonds. The maximum absolute atomic E-state index is 10.8. The minimum absolute atomic E-state index is 0.0000106. The molecule has 1 unspecified atom stereocenters. The fraction of sp³-hybridized carbons (Fsp3) is 0.200. The van der Waals surface area contributed by atoms with Crippen molar-refractivity contribution in [2.45, 2.75) is 19.6 Å². The Morgan fingerprint density at radius 3 is 2.71 bits per heavy atom. The molecular weight excluding hydrogens is 292 g/mol. The summed E-state index contributed by atoms with van der Waals surface area (Å²) in [4.78, 5) is 10.3. The number of nitrogens with one attached hydrogen (secondary N) is 1. The molecule has 2 aromatic rings. The number of hydrogen-bond donors (Lipinski definition) is 2. The van der Waals surface area contributed by atoms with E-state index in [1.165, 1.54) is 18.2 Å². The number of para-hydroxylation sites is 1. The molecule has 110 valence electrons. The molecule has 5 nitrogen and oxygen atoms in total. The first-order chi connectivity index (χ1) is 9.99. The van der Waals surface area contributed by atoms with E-state index in [9.17, 15) is 15.2 Å². The molecule has 0 spiro atoms. The number of nitro benzene ring substituents is 1. The molecule has 0 aliphatic heterocycles. The van der Waals surface area contributed by atoms with Gasteiger partial charge in [0.15, 0.2) is 0 Å². The second-order valence-electron chi connectivity index (χ2n) is 4.65. The molecule has 0 aliphatic carbocycles. The fourth-order valence-electron chi connectivity index (χ4n) is 2.02. The Kier molecular flexibility index (Phi) is 4.77. The minimum atomic E-state index is -0.603. The standard InChI is InChI=1S/C15H15ClN2O3/c1-10(19)13-4-2-3-5-15(13)17-9-11-8-12(18(20)21)6-7-14(11)16/h2-8,10,17,19H,9H2,1H3. The Balaban J connectivity index is 2.20. The second-order valence-corrected chi connectivity index (χ2v) is 5.06. The van der Waals surface area contributed by atoms with E-state index in [2.05, 4.69) is 5.32 Å². The van der Waals surface area contributed by atoms with Gasteiger partial charge < -0.3 is 10.4 Å². The molecule has 1 atom stereocenters. The van der Waals surface area contributed by atoms with Crippen LogP contribution in [-0.4, -0.2) is 10.0 Å². The van der Waals surface area contributed by atoms with Gasteiger partial charge in [-0.1, -0.05) is 29.8 Å². The van der Waals surface area contributed by atoms with Crippen molar-refractivity contribution in [3.63, 3.8) is 0 Å². The third-order valence-electron chi connectivity index (χ3n) is 3.12. The molecule has 21 heavy (non-hydrogen) atoms. The molecule has 0 fully saturated rings. The molecule has 0 saturated heterocycles. The van der Waals surface area contributed by atoms with Crippen molar-refractivity contribution in [3.8, 4) is 0 Å². The monoisotopic (exact) mass is 306 g/mol. The first kappa shape index (κ1) is 15.3. The van der Waals surface area contributed by atoms with Crippen LogP contribution in [0.15, 0.2) is 42.5 Å². The maximum Gasteiger partial charge on any atom is 0.269 e. The Labute approximate surface area is 127 Å². The van der Waals surface area contributed by atoms with E-state index in [4.69, 9.17) is 11.6 Å².